The van der Waals surface area contributed by atoms with Gasteiger partial charge in [0.2, 0.25) is 5.88 Å². The van der Waals surface area contributed by atoms with E-state index in [0.29, 0.717) is 29.6 Å². The number of aromatic nitrogens is 2. The molecular weight excluding hydrogens is 272 g/mol. The average Bonchev–Trinajstić information content (AvgIpc) is 2.80. The van der Waals surface area contributed by atoms with Crippen molar-refractivity contribution in [2.24, 2.45) is 0 Å². The third-order valence-corrected chi connectivity index (χ3v) is 3.15. The highest BCUT2D eigenvalue weighted by molar-refractivity contribution is 5.74. The number of carboxylic acids is 1. The lowest BCUT2D eigenvalue weighted by Gasteiger charge is -2.08. The number of fused-ring (bicyclic) bond motifs is 1. The Morgan fingerprint density at radius 1 is 1.33 bits per heavy atom. The van der Waals surface area contributed by atoms with Crippen molar-refractivity contribution in [3.63, 3.8) is 0 Å². The molecule has 0 saturated carbocycles. The van der Waals surface area contributed by atoms with Gasteiger partial charge in [-0.3, -0.25) is 0 Å². The van der Waals surface area contributed by atoms with E-state index in [9.17, 15) is 4.79 Å². The first-order valence-electron chi connectivity index (χ1n) is 6.54. The fourth-order valence-electron chi connectivity index (χ4n) is 2.27. The molecule has 1 aliphatic heterocycles. The van der Waals surface area contributed by atoms with E-state index in [1.54, 1.807) is 25.1 Å². The summed E-state index contributed by atoms with van der Waals surface area (Å²) in [7, 11) is 0. The third-order valence-electron chi connectivity index (χ3n) is 3.15. The molecule has 1 aliphatic rings. The van der Waals surface area contributed by atoms with E-state index in [4.69, 9.17) is 14.6 Å². The average molecular weight is 286 g/mol. The summed E-state index contributed by atoms with van der Waals surface area (Å²) in [5.41, 5.74) is 1.69. The van der Waals surface area contributed by atoms with E-state index in [1.807, 2.05) is 13.0 Å². The predicted octanol–water partition coefficient (Wildman–Crippen LogP) is 2.27. The minimum Gasteiger partial charge on any atom is -0.478 e. The Morgan fingerprint density at radius 2 is 2.14 bits per heavy atom. The fraction of sp³-hybridized carbons (Fsp3) is 0.267. The number of rotatable bonds is 3. The Hall–Kier alpha value is -2.63. The molecule has 0 saturated heterocycles. The molecule has 6 heteroatoms. The largest absolute Gasteiger partial charge is 0.478 e. The van der Waals surface area contributed by atoms with Gasteiger partial charge in [0.15, 0.2) is 6.10 Å². The number of nitrogens with zero attached hydrogens (tertiary/aromatic N) is 2. The molecule has 1 aromatic carbocycles. The summed E-state index contributed by atoms with van der Waals surface area (Å²) in [5, 5.41) is 8.98. The van der Waals surface area contributed by atoms with Crippen LogP contribution < -0.4 is 9.47 Å². The second kappa shape index (κ2) is 5.05. The molecular formula is C15H14N2O4. The van der Waals surface area contributed by atoms with Crippen molar-refractivity contribution in [3.8, 4) is 17.4 Å². The number of ether oxygens (including phenoxy) is 2. The number of aryl methyl sites for hydroxylation is 2. The standard InChI is InChI=1S/C15H14N2O4/c1-8-5-14(17-9(2)16-8)20-11-4-3-10-6-13(15(18)19)21-12(10)7-11/h3-5,7,13H,6H2,1-2H3,(H,18,19). The van der Waals surface area contributed by atoms with E-state index in [1.165, 1.54) is 0 Å². The molecule has 108 valence electrons. The van der Waals surface area contributed by atoms with Gasteiger partial charge in [-0.15, -0.1) is 0 Å². The number of hydrogen-bond acceptors (Lipinski definition) is 5. The molecule has 2 aromatic rings. The van der Waals surface area contributed by atoms with Crippen LogP contribution in [-0.4, -0.2) is 27.1 Å². The molecule has 21 heavy (non-hydrogen) atoms. The monoisotopic (exact) mass is 286 g/mol. The first-order chi connectivity index (χ1) is 10.0. The van der Waals surface area contributed by atoms with Crippen LogP contribution in [0, 0.1) is 13.8 Å². The molecule has 0 amide bonds. The van der Waals surface area contributed by atoms with Gasteiger partial charge >= 0.3 is 5.97 Å². The SMILES string of the molecule is Cc1cc(Oc2ccc3c(c2)OC(C(=O)O)C3)nc(C)n1. The number of carbonyl (C=O) groups is 1. The van der Waals surface area contributed by atoms with Crippen LogP contribution in [0.3, 0.4) is 0 Å². The number of carboxylic acid groups (broad SMARTS) is 1. The van der Waals surface area contributed by atoms with Crippen LogP contribution in [-0.2, 0) is 11.2 Å². The van der Waals surface area contributed by atoms with Crippen LogP contribution in [0.15, 0.2) is 24.3 Å². The van der Waals surface area contributed by atoms with Crippen molar-refractivity contribution in [1.29, 1.82) is 0 Å². The molecule has 1 aromatic heterocycles. The zero-order chi connectivity index (χ0) is 15.0. The van der Waals surface area contributed by atoms with Gasteiger partial charge in [-0.1, -0.05) is 6.07 Å². The van der Waals surface area contributed by atoms with E-state index < -0.39 is 12.1 Å². The van der Waals surface area contributed by atoms with Gasteiger partial charge in [0.25, 0.3) is 0 Å². The highest BCUT2D eigenvalue weighted by Gasteiger charge is 2.29. The van der Waals surface area contributed by atoms with Gasteiger partial charge in [0, 0.05) is 24.2 Å². The van der Waals surface area contributed by atoms with E-state index in [2.05, 4.69) is 9.97 Å². The van der Waals surface area contributed by atoms with Crippen LogP contribution in [0.5, 0.6) is 17.4 Å². The minimum atomic E-state index is -0.962. The van der Waals surface area contributed by atoms with Crippen LogP contribution in [0.4, 0.5) is 0 Å². The lowest BCUT2D eigenvalue weighted by molar-refractivity contribution is -0.144. The molecule has 6 nitrogen and oxygen atoms in total. The first-order valence-corrected chi connectivity index (χ1v) is 6.54. The Morgan fingerprint density at radius 3 is 2.86 bits per heavy atom. The summed E-state index contributed by atoms with van der Waals surface area (Å²) >= 11 is 0. The minimum absolute atomic E-state index is 0.372. The zero-order valence-electron chi connectivity index (χ0n) is 11.7. The fourth-order valence-corrected chi connectivity index (χ4v) is 2.27. The molecule has 2 heterocycles. The second-order valence-electron chi connectivity index (χ2n) is 4.92. The Labute approximate surface area is 121 Å². The summed E-state index contributed by atoms with van der Waals surface area (Å²) in [4.78, 5) is 19.3. The van der Waals surface area contributed by atoms with Gasteiger partial charge in [0.1, 0.15) is 17.3 Å². The summed E-state index contributed by atoms with van der Waals surface area (Å²) in [5.74, 6) is 1.22. The Bertz CT molecular complexity index is 695. The van der Waals surface area contributed by atoms with Crippen molar-refractivity contribution in [2.45, 2.75) is 26.4 Å². The zero-order valence-corrected chi connectivity index (χ0v) is 11.7. The van der Waals surface area contributed by atoms with Gasteiger partial charge in [-0.2, -0.15) is 4.98 Å². The van der Waals surface area contributed by atoms with Gasteiger partial charge in [-0.05, 0) is 25.5 Å². The topological polar surface area (TPSA) is 81.5 Å². The Balaban J connectivity index is 1.82. The third kappa shape index (κ3) is 2.79. The van der Waals surface area contributed by atoms with E-state index in [0.717, 1.165) is 11.3 Å². The summed E-state index contributed by atoms with van der Waals surface area (Å²) in [6.45, 7) is 3.66. The number of hydrogen-bond donors (Lipinski definition) is 1. The Kier molecular flexibility index (Phi) is 3.21. The van der Waals surface area contributed by atoms with Crippen LogP contribution in [0.25, 0.3) is 0 Å². The maximum atomic E-state index is 10.9. The van der Waals surface area contributed by atoms with Crippen molar-refractivity contribution >= 4 is 5.97 Å². The molecule has 0 spiro atoms. The smallest absolute Gasteiger partial charge is 0.345 e. The number of aliphatic carboxylic acids is 1. The van der Waals surface area contributed by atoms with Crippen molar-refractivity contribution < 1.29 is 19.4 Å². The lowest BCUT2D eigenvalue weighted by atomic mass is 10.1. The van der Waals surface area contributed by atoms with E-state index >= 15 is 0 Å². The molecule has 1 atom stereocenters. The highest BCUT2D eigenvalue weighted by Crippen LogP contribution is 2.33. The molecule has 0 bridgehead atoms. The maximum Gasteiger partial charge on any atom is 0.345 e. The normalized spacial score (nSPS) is 16.2. The molecule has 0 radical (unpaired) electrons. The quantitative estimate of drug-likeness (QED) is 0.932. The number of benzene rings is 1. The molecule has 1 N–H and O–H groups in total. The second-order valence-corrected chi connectivity index (χ2v) is 4.92. The van der Waals surface area contributed by atoms with Crippen LogP contribution in [0.2, 0.25) is 0 Å². The molecule has 3 rings (SSSR count). The molecule has 0 fully saturated rings. The van der Waals surface area contributed by atoms with Crippen molar-refractivity contribution in [2.75, 3.05) is 0 Å². The summed E-state index contributed by atoms with van der Waals surface area (Å²) in [6, 6.07) is 7.01. The maximum absolute atomic E-state index is 10.9. The van der Waals surface area contributed by atoms with Crippen LogP contribution >= 0.6 is 0 Å². The predicted molar refractivity (Wildman–Crippen MR) is 73.8 cm³/mol. The molecule has 1 unspecified atom stereocenters. The summed E-state index contributed by atoms with van der Waals surface area (Å²) < 4.78 is 11.1. The van der Waals surface area contributed by atoms with Gasteiger partial charge in [0.05, 0.1) is 0 Å². The van der Waals surface area contributed by atoms with Crippen LogP contribution in [0.1, 0.15) is 17.1 Å². The van der Waals surface area contributed by atoms with Crippen molar-refractivity contribution in [3.05, 3.63) is 41.3 Å². The molecule has 0 aliphatic carbocycles. The summed E-state index contributed by atoms with van der Waals surface area (Å²) in [6.07, 6.45) is -0.449. The van der Waals surface area contributed by atoms with Crippen molar-refractivity contribution in [1.82, 2.24) is 9.97 Å². The first kappa shape index (κ1) is 13.4. The van der Waals surface area contributed by atoms with Gasteiger partial charge < -0.3 is 14.6 Å². The lowest BCUT2D eigenvalue weighted by Crippen LogP contribution is -2.24. The van der Waals surface area contributed by atoms with Gasteiger partial charge in [-0.25, -0.2) is 9.78 Å². The highest BCUT2D eigenvalue weighted by atomic mass is 16.5. The van der Waals surface area contributed by atoms with E-state index in [-0.39, 0.29) is 0 Å².